The first-order valence-corrected chi connectivity index (χ1v) is 9.02. The number of carbonyl (C=O) groups is 1. The van der Waals surface area contributed by atoms with Gasteiger partial charge < -0.3 is 15.4 Å². The molecule has 27 heavy (non-hydrogen) atoms. The Morgan fingerprint density at radius 3 is 2.48 bits per heavy atom. The van der Waals surface area contributed by atoms with E-state index in [-0.39, 0.29) is 30.8 Å². The number of ether oxygens (including phenoxy) is 1. The van der Waals surface area contributed by atoms with Crippen LogP contribution in [0.2, 0.25) is 0 Å². The highest BCUT2D eigenvalue weighted by Gasteiger charge is 2.45. The molecule has 1 atom stereocenters. The fourth-order valence-electron chi connectivity index (χ4n) is 3.56. The maximum Gasteiger partial charge on any atom is 0.306 e. The number of benzene rings is 2. The minimum absolute atomic E-state index is 0.0321. The first kappa shape index (κ1) is 19.1. The molecule has 2 aromatic carbocycles. The topological polar surface area (TPSA) is 55.6 Å². The number of hydrogen-bond acceptors (Lipinski definition) is 4. The third-order valence-electron chi connectivity index (χ3n) is 5.24. The molecule has 144 valence electrons. The summed E-state index contributed by atoms with van der Waals surface area (Å²) in [5.41, 5.74) is 7.46. The predicted molar refractivity (Wildman–Crippen MR) is 102 cm³/mol. The molecule has 1 heterocycles. The summed E-state index contributed by atoms with van der Waals surface area (Å²) in [5, 5.41) is 0. The van der Waals surface area contributed by atoms with E-state index in [0.717, 1.165) is 17.7 Å². The monoisotopic (exact) mass is 374 g/mol. The number of carbonyl (C=O) groups excluding carboxylic acids is 1. The average Bonchev–Trinajstić information content (AvgIpc) is 2.64. The largest absolute Gasteiger partial charge is 0.469 e. The highest BCUT2D eigenvalue weighted by Crippen LogP contribution is 2.41. The van der Waals surface area contributed by atoms with Crippen LogP contribution in [0, 0.1) is 5.82 Å². The van der Waals surface area contributed by atoms with Crippen molar-refractivity contribution in [3.05, 3.63) is 59.4 Å². The lowest BCUT2D eigenvalue weighted by Crippen LogP contribution is -2.57. The van der Waals surface area contributed by atoms with Crippen molar-refractivity contribution in [2.24, 2.45) is 0 Å². The molecule has 1 unspecified atom stereocenters. The number of methoxy groups -OCH3 is 1. The van der Waals surface area contributed by atoms with Crippen LogP contribution in [-0.4, -0.2) is 26.2 Å². The fourth-order valence-corrected chi connectivity index (χ4v) is 3.56. The molecule has 3 rings (SSSR count). The zero-order chi connectivity index (χ0) is 19.6. The number of esters is 1. The van der Waals surface area contributed by atoms with Crippen molar-refractivity contribution in [3.63, 3.8) is 0 Å². The number of rotatable bonds is 6. The van der Waals surface area contributed by atoms with E-state index < -0.39 is 5.67 Å². The number of alkyl halides is 1. The van der Waals surface area contributed by atoms with E-state index in [0.29, 0.717) is 17.7 Å². The smallest absolute Gasteiger partial charge is 0.306 e. The van der Waals surface area contributed by atoms with E-state index in [2.05, 4.69) is 0 Å². The second kappa shape index (κ2) is 7.55. The summed E-state index contributed by atoms with van der Waals surface area (Å²) in [4.78, 5) is 13.4. The number of hydrogen-bond donors (Lipinski definition) is 1. The Kier molecular flexibility index (Phi) is 5.35. The highest BCUT2D eigenvalue weighted by molar-refractivity contribution is 5.73. The van der Waals surface area contributed by atoms with Crippen LogP contribution in [0.25, 0.3) is 0 Å². The molecule has 1 aliphatic heterocycles. The zero-order valence-electron chi connectivity index (χ0n) is 15.5. The van der Waals surface area contributed by atoms with Gasteiger partial charge in [0.05, 0.1) is 38.0 Å². The summed E-state index contributed by atoms with van der Waals surface area (Å²) in [6.07, 6.45) is 1.09. The van der Waals surface area contributed by atoms with Gasteiger partial charge in [-0.3, -0.25) is 4.79 Å². The maximum atomic E-state index is 15.0. The standard InChI is InChI=1S/C21H24F2N2O2/c1-3-14(11-20(26)27-2)15-4-9-19(18(24)10-15)25-12-21(23,13-25)16-5-7-17(22)8-6-16/h4-10,14H,3,11-13,24H2,1-2H3. The van der Waals surface area contributed by atoms with Gasteiger partial charge in [0.15, 0.2) is 5.67 Å². The third-order valence-corrected chi connectivity index (χ3v) is 5.24. The minimum atomic E-state index is -1.50. The maximum absolute atomic E-state index is 15.0. The van der Waals surface area contributed by atoms with Crippen LogP contribution in [0.4, 0.5) is 20.2 Å². The second-order valence-corrected chi connectivity index (χ2v) is 7.03. The van der Waals surface area contributed by atoms with Crippen molar-refractivity contribution in [3.8, 4) is 0 Å². The molecule has 0 radical (unpaired) electrons. The van der Waals surface area contributed by atoms with Gasteiger partial charge in [-0.2, -0.15) is 0 Å². The van der Waals surface area contributed by atoms with Crippen LogP contribution >= 0.6 is 0 Å². The summed E-state index contributed by atoms with van der Waals surface area (Å²) in [6.45, 7) is 2.34. The number of nitrogens with zero attached hydrogens (tertiary/aromatic N) is 1. The SMILES string of the molecule is CCC(CC(=O)OC)c1ccc(N2CC(F)(c3ccc(F)cc3)C2)c(N)c1. The number of halogens is 2. The molecule has 6 heteroatoms. The molecule has 0 aromatic heterocycles. The molecule has 0 saturated carbocycles. The third kappa shape index (κ3) is 3.89. The van der Waals surface area contributed by atoms with Crippen LogP contribution in [0.15, 0.2) is 42.5 Å². The summed E-state index contributed by atoms with van der Waals surface area (Å²) >= 11 is 0. The molecule has 0 amide bonds. The molecular weight excluding hydrogens is 350 g/mol. The lowest BCUT2D eigenvalue weighted by molar-refractivity contribution is -0.141. The van der Waals surface area contributed by atoms with Gasteiger partial charge >= 0.3 is 5.97 Å². The van der Waals surface area contributed by atoms with Gasteiger partial charge in [0.25, 0.3) is 0 Å². The van der Waals surface area contributed by atoms with Gasteiger partial charge in [0.1, 0.15) is 5.82 Å². The van der Waals surface area contributed by atoms with Gasteiger partial charge in [-0.05, 0) is 47.7 Å². The van der Waals surface area contributed by atoms with Crippen LogP contribution in [0.3, 0.4) is 0 Å². The molecule has 0 bridgehead atoms. The van der Waals surface area contributed by atoms with Gasteiger partial charge in [0.2, 0.25) is 0 Å². The Morgan fingerprint density at radius 1 is 1.26 bits per heavy atom. The lowest BCUT2D eigenvalue weighted by Gasteiger charge is -2.46. The molecule has 2 N–H and O–H groups in total. The Labute approximate surface area is 157 Å². The van der Waals surface area contributed by atoms with E-state index in [4.69, 9.17) is 10.5 Å². The van der Waals surface area contributed by atoms with Crippen LogP contribution < -0.4 is 10.6 Å². The highest BCUT2D eigenvalue weighted by atomic mass is 19.1. The lowest BCUT2D eigenvalue weighted by atomic mass is 9.86. The summed E-state index contributed by atoms with van der Waals surface area (Å²) in [5.74, 6) is -0.603. The molecular formula is C21H24F2N2O2. The van der Waals surface area contributed by atoms with E-state index in [1.807, 2.05) is 30.0 Å². The minimum Gasteiger partial charge on any atom is -0.469 e. The van der Waals surface area contributed by atoms with Crippen LogP contribution in [0.1, 0.15) is 36.8 Å². The Balaban J connectivity index is 1.72. The number of anilines is 2. The first-order valence-electron chi connectivity index (χ1n) is 9.02. The molecule has 2 aromatic rings. The van der Waals surface area contributed by atoms with Gasteiger partial charge in [0, 0.05) is 0 Å². The number of nitrogen functional groups attached to an aromatic ring is 1. The van der Waals surface area contributed by atoms with Crippen LogP contribution in [0.5, 0.6) is 0 Å². The second-order valence-electron chi connectivity index (χ2n) is 7.03. The Bertz CT molecular complexity index is 817. The first-order chi connectivity index (χ1) is 12.9. The van der Waals surface area contributed by atoms with Gasteiger partial charge in [-0.1, -0.05) is 25.1 Å². The van der Waals surface area contributed by atoms with Gasteiger partial charge in [-0.25, -0.2) is 8.78 Å². The van der Waals surface area contributed by atoms with Crippen molar-refractivity contribution in [1.82, 2.24) is 0 Å². The number of nitrogens with two attached hydrogens (primary N) is 1. The van der Waals surface area contributed by atoms with Crippen molar-refractivity contribution < 1.29 is 18.3 Å². The Hall–Kier alpha value is -2.63. The molecule has 1 fully saturated rings. The van der Waals surface area contributed by atoms with Crippen molar-refractivity contribution in [2.75, 3.05) is 30.8 Å². The molecule has 0 aliphatic carbocycles. The molecule has 4 nitrogen and oxygen atoms in total. The fraction of sp³-hybridized carbons (Fsp3) is 0.381. The van der Waals surface area contributed by atoms with Crippen molar-refractivity contribution in [1.29, 1.82) is 0 Å². The van der Waals surface area contributed by atoms with E-state index in [1.54, 1.807) is 0 Å². The molecule has 0 spiro atoms. The zero-order valence-corrected chi connectivity index (χ0v) is 15.5. The normalized spacial score (nSPS) is 16.5. The van der Waals surface area contributed by atoms with Crippen molar-refractivity contribution in [2.45, 2.75) is 31.4 Å². The van der Waals surface area contributed by atoms with Crippen molar-refractivity contribution >= 4 is 17.3 Å². The summed E-state index contributed by atoms with van der Waals surface area (Å²) in [7, 11) is 1.38. The quantitative estimate of drug-likeness (QED) is 0.610. The Morgan fingerprint density at radius 2 is 1.93 bits per heavy atom. The van der Waals surface area contributed by atoms with Gasteiger partial charge in [-0.15, -0.1) is 0 Å². The van der Waals surface area contributed by atoms with Crippen LogP contribution in [-0.2, 0) is 15.2 Å². The van der Waals surface area contributed by atoms with E-state index in [9.17, 15) is 9.18 Å². The van der Waals surface area contributed by atoms with E-state index >= 15 is 4.39 Å². The average molecular weight is 374 g/mol. The molecule has 1 aliphatic rings. The summed E-state index contributed by atoms with van der Waals surface area (Å²) in [6, 6.07) is 11.2. The molecule has 1 saturated heterocycles. The van der Waals surface area contributed by atoms with E-state index in [1.165, 1.54) is 31.4 Å². The summed E-state index contributed by atoms with van der Waals surface area (Å²) < 4.78 is 32.8. The predicted octanol–water partition coefficient (Wildman–Crippen LogP) is 4.15.